The van der Waals surface area contributed by atoms with Gasteiger partial charge < -0.3 is 89.7 Å². The minimum Gasteiger partial charge on any atom is -0.460 e. The Morgan fingerprint density at radius 1 is 0.618 bits per heavy atom. The molecule has 316 valence electrons. The molecular formula is C36H58O19. The van der Waals surface area contributed by atoms with E-state index < -0.39 is 141 Å². The quantitative estimate of drug-likeness (QED) is 0.0732. The summed E-state index contributed by atoms with van der Waals surface area (Å²) in [4.78, 5) is 12.7. The summed E-state index contributed by atoms with van der Waals surface area (Å²) in [7, 11) is 0. The van der Waals surface area contributed by atoms with Gasteiger partial charge in [-0.05, 0) is 69.6 Å². The van der Waals surface area contributed by atoms with Crippen LogP contribution in [0, 0.1) is 17.8 Å². The van der Waals surface area contributed by atoms with Crippen molar-refractivity contribution in [2.75, 3.05) is 13.2 Å². The maximum atomic E-state index is 12.7. The SMILES string of the molecule is O=C(C=CC1CCC(O)C(O)C1)OCC1OC(OC2CC3C(O)CC(O)CC3OC2C2CCC(O)C(O)C2)C(OC2OC(CO)C(O)C(O)C2O)C(O)C1O. The first-order chi connectivity index (χ1) is 26.1. The van der Waals surface area contributed by atoms with E-state index in [1.807, 2.05) is 0 Å². The van der Waals surface area contributed by atoms with Crippen LogP contribution in [-0.2, 0) is 33.2 Å². The lowest BCUT2D eigenvalue weighted by Gasteiger charge is -2.51. The predicted octanol–water partition coefficient (Wildman–Crippen LogP) is -4.56. The number of esters is 1. The molecule has 0 radical (unpaired) electrons. The van der Waals surface area contributed by atoms with Crippen molar-refractivity contribution in [2.24, 2.45) is 17.8 Å². The normalized spacial score (nSPS) is 51.1. The summed E-state index contributed by atoms with van der Waals surface area (Å²) in [5.74, 6) is -1.89. The predicted molar refractivity (Wildman–Crippen MR) is 181 cm³/mol. The molecule has 0 aromatic heterocycles. The Morgan fingerprint density at radius 2 is 1.29 bits per heavy atom. The average Bonchev–Trinajstić information content (AvgIpc) is 3.15. The second kappa shape index (κ2) is 18.6. The largest absolute Gasteiger partial charge is 0.460 e. The summed E-state index contributed by atoms with van der Waals surface area (Å²) >= 11 is 0. The van der Waals surface area contributed by atoms with E-state index in [9.17, 15) is 66.1 Å². The number of aliphatic hydroxyl groups is 12. The Balaban J connectivity index is 1.22. The number of fused-ring (bicyclic) bond motifs is 1. The Hall–Kier alpha value is -1.47. The summed E-state index contributed by atoms with van der Waals surface area (Å²) in [6, 6.07) is 0. The van der Waals surface area contributed by atoms with Crippen molar-refractivity contribution in [3.05, 3.63) is 12.2 Å². The Morgan fingerprint density at radius 3 is 1.98 bits per heavy atom. The molecule has 0 bridgehead atoms. The van der Waals surface area contributed by atoms with Crippen molar-refractivity contribution in [3.8, 4) is 0 Å². The van der Waals surface area contributed by atoms with E-state index in [0.29, 0.717) is 19.3 Å². The zero-order valence-corrected chi connectivity index (χ0v) is 30.4. The summed E-state index contributed by atoms with van der Waals surface area (Å²) in [5.41, 5.74) is 0. The summed E-state index contributed by atoms with van der Waals surface area (Å²) in [5, 5.41) is 126. The second-order valence-electron chi connectivity index (χ2n) is 16.1. The van der Waals surface area contributed by atoms with E-state index in [-0.39, 0.29) is 50.4 Å². The van der Waals surface area contributed by atoms with E-state index in [1.54, 1.807) is 6.08 Å². The minimum atomic E-state index is -1.90. The molecule has 0 aromatic rings. The van der Waals surface area contributed by atoms with E-state index in [4.69, 9.17) is 28.4 Å². The fraction of sp³-hybridized carbons (Fsp3) is 0.917. The van der Waals surface area contributed by atoms with Gasteiger partial charge in [-0.1, -0.05) is 6.08 Å². The van der Waals surface area contributed by atoms with Crippen molar-refractivity contribution < 1.29 is 94.5 Å². The molecule has 3 aliphatic heterocycles. The maximum absolute atomic E-state index is 12.7. The van der Waals surface area contributed by atoms with Crippen LogP contribution in [0.4, 0.5) is 0 Å². The highest BCUT2D eigenvalue weighted by atomic mass is 16.8. The van der Waals surface area contributed by atoms with Crippen molar-refractivity contribution in [1.82, 2.24) is 0 Å². The van der Waals surface area contributed by atoms with Crippen molar-refractivity contribution in [1.29, 1.82) is 0 Å². The molecule has 6 fully saturated rings. The Labute approximate surface area is 317 Å². The van der Waals surface area contributed by atoms with Crippen LogP contribution in [-0.4, -0.2) is 197 Å². The highest BCUT2D eigenvalue weighted by molar-refractivity contribution is 5.81. The van der Waals surface area contributed by atoms with Gasteiger partial charge in [-0.25, -0.2) is 4.79 Å². The van der Waals surface area contributed by atoms with Crippen LogP contribution in [0.3, 0.4) is 0 Å². The second-order valence-corrected chi connectivity index (χ2v) is 16.1. The number of carbonyl (C=O) groups is 1. The van der Waals surface area contributed by atoms with E-state index in [1.165, 1.54) is 0 Å². The highest BCUT2D eigenvalue weighted by Crippen LogP contribution is 2.44. The minimum absolute atomic E-state index is 0.0924. The van der Waals surface area contributed by atoms with Gasteiger partial charge in [-0.2, -0.15) is 0 Å². The lowest BCUT2D eigenvalue weighted by atomic mass is 9.72. The number of ether oxygens (including phenoxy) is 6. The third-order valence-electron chi connectivity index (χ3n) is 12.3. The monoisotopic (exact) mass is 794 g/mol. The molecule has 55 heavy (non-hydrogen) atoms. The molecule has 22 atom stereocenters. The summed E-state index contributed by atoms with van der Waals surface area (Å²) in [6.45, 7) is -1.36. The van der Waals surface area contributed by atoms with Gasteiger partial charge in [-0.3, -0.25) is 0 Å². The van der Waals surface area contributed by atoms with Gasteiger partial charge in [-0.15, -0.1) is 0 Å². The lowest BCUT2D eigenvalue weighted by molar-refractivity contribution is -0.379. The molecule has 0 aromatic carbocycles. The molecule has 12 N–H and O–H groups in total. The maximum Gasteiger partial charge on any atom is 0.330 e. The first-order valence-electron chi connectivity index (χ1n) is 19.4. The number of hydrogen-bond acceptors (Lipinski definition) is 19. The number of rotatable bonds is 10. The van der Waals surface area contributed by atoms with E-state index in [2.05, 4.69) is 0 Å². The van der Waals surface area contributed by atoms with Crippen LogP contribution in [0.2, 0.25) is 0 Å². The van der Waals surface area contributed by atoms with Crippen LogP contribution < -0.4 is 0 Å². The van der Waals surface area contributed by atoms with Crippen LogP contribution >= 0.6 is 0 Å². The fourth-order valence-electron chi connectivity index (χ4n) is 8.97. The van der Waals surface area contributed by atoms with E-state index in [0.717, 1.165) is 6.08 Å². The Bertz CT molecular complexity index is 1270. The zero-order valence-electron chi connectivity index (χ0n) is 30.4. The van der Waals surface area contributed by atoms with Gasteiger partial charge in [0.1, 0.15) is 55.4 Å². The van der Waals surface area contributed by atoms with Gasteiger partial charge in [0.05, 0.1) is 61.5 Å². The highest BCUT2D eigenvalue weighted by Gasteiger charge is 2.54. The van der Waals surface area contributed by atoms with Crippen LogP contribution in [0.5, 0.6) is 0 Å². The molecule has 22 unspecified atom stereocenters. The lowest BCUT2D eigenvalue weighted by Crippen LogP contribution is -2.66. The molecule has 19 nitrogen and oxygen atoms in total. The molecule has 3 saturated heterocycles. The van der Waals surface area contributed by atoms with Gasteiger partial charge >= 0.3 is 5.97 Å². The molecular weight excluding hydrogens is 736 g/mol. The van der Waals surface area contributed by atoms with Gasteiger partial charge in [0, 0.05) is 12.0 Å². The summed E-state index contributed by atoms with van der Waals surface area (Å²) < 4.78 is 35.9. The molecule has 6 rings (SSSR count). The first-order valence-corrected chi connectivity index (χ1v) is 19.4. The molecule has 3 saturated carbocycles. The van der Waals surface area contributed by atoms with Gasteiger partial charge in [0.25, 0.3) is 0 Å². The zero-order chi connectivity index (χ0) is 39.7. The standard InChI is InChI=1S/C36H58O19/c37-12-25-28(45)30(47)32(49)35(53-25)55-34-31(48)29(46)26(13-50-27(44)6-2-14-1-4-18(39)21(42)7-14)54-36(34)52-24-11-17-20(41)9-16(38)10-23(17)51-33(24)15-3-5-19(40)22(43)8-15/h2,6,14-26,28-43,45-49H,1,3-5,7-13H2. The average molecular weight is 795 g/mol. The van der Waals surface area contributed by atoms with E-state index >= 15 is 0 Å². The third kappa shape index (κ3) is 9.88. The third-order valence-corrected chi connectivity index (χ3v) is 12.3. The van der Waals surface area contributed by atoms with Crippen molar-refractivity contribution >= 4 is 5.97 Å². The van der Waals surface area contributed by atoms with Crippen molar-refractivity contribution in [3.63, 3.8) is 0 Å². The number of carbonyl (C=O) groups excluding carboxylic acids is 1. The topological polar surface area (TPSA) is 315 Å². The number of hydrogen-bond donors (Lipinski definition) is 12. The van der Waals surface area contributed by atoms with Gasteiger partial charge in [0.2, 0.25) is 0 Å². The molecule has 3 aliphatic carbocycles. The molecule has 0 amide bonds. The van der Waals surface area contributed by atoms with Crippen LogP contribution in [0.15, 0.2) is 12.2 Å². The molecule has 6 aliphatic rings. The fourth-order valence-corrected chi connectivity index (χ4v) is 8.97. The van der Waals surface area contributed by atoms with Crippen LogP contribution in [0.25, 0.3) is 0 Å². The summed E-state index contributed by atoms with van der Waals surface area (Å²) in [6.07, 6.45) is -19.7. The Kier molecular flexibility index (Phi) is 14.6. The molecule has 0 spiro atoms. The molecule has 3 heterocycles. The van der Waals surface area contributed by atoms with Crippen molar-refractivity contribution in [2.45, 2.75) is 174 Å². The molecule has 19 heteroatoms. The van der Waals surface area contributed by atoms with Gasteiger partial charge in [0.15, 0.2) is 12.6 Å². The first kappa shape index (κ1) is 43.1. The van der Waals surface area contributed by atoms with Crippen LogP contribution in [0.1, 0.15) is 57.8 Å². The number of allylic oxidation sites excluding steroid dienone is 1. The smallest absolute Gasteiger partial charge is 0.330 e. The number of aliphatic hydroxyl groups excluding tert-OH is 12.